The number of aryl methyl sites for hydroxylation is 1. The molecule has 19 heavy (non-hydrogen) atoms. The molecule has 0 saturated heterocycles. The summed E-state index contributed by atoms with van der Waals surface area (Å²) in [7, 11) is 0. The fraction of sp³-hybridized carbons (Fsp3) is 0.375. The molecule has 100 valence electrons. The second-order valence-electron chi connectivity index (χ2n) is 4.89. The molecule has 1 atom stereocenters. The number of fused-ring (bicyclic) bond motifs is 1. The summed E-state index contributed by atoms with van der Waals surface area (Å²) in [5.41, 5.74) is 2.59. The second kappa shape index (κ2) is 5.83. The average molecular weight is 257 g/mol. The van der Waals surface area contributed by atoms with Crippen LogP contribution >= 0.6 is 0 Å². The molecular formula is C16H19NO2. The average Bonchev–Trinajstić information content (AvgIpc) is 2.39. The Morgan fingerprint density at radius 2 is 2.11 bits per heavy atom. The fourth-order valence-electron chi connectivity index (χ4n) is 2.40. The summed E-state index contributed by atoms with van der Waals surface area (Å²) in [5.74, 6) is -1.20. The van der Waals surface area contributed by atoms with Gasteiger partial charge in [-0.1, -0.05) is 38.0 Å². The van der Waals surface area contributed by atoms with E-state index >= 15 is 0 Å². The highest BCUT2D eigenvalue weighted by Crippen LogP contribution is 2.27. The van der Waals surface area contributed by atoms with Crippen LogP contribution in [0.1, 0.15) is 43.4 Å². The van der Waals surface area contributed by atoms with E-state index in [1.54, 1.807) is 0 Å². The van der Waals surface area contributed by atoms with Crippen LogP contribution in [0.5, 0.6) is 0 Å². The van der Waals surface area contributed by atoms with Crippen molar-refractivity contribution in [1.29, 1.82) is 0 Å². The number of hydrogen-bond donors (Lipinski definition) is 1. The number of rotatable bonds is 5. The zero-order valence-corrected chi connectivity index (χ0v) is 11.4. The van der Waals surface area contributed by atoms with Crippen molar-refractivity contribution in [2.24, 2.45) is 0 Å². The number of nitrogens with zero attached hydrogens (tertiary/aromatic N) is 1. The number of para-hydroxylation sites is 1. The molecule has 0 bridgehead atoms. The zero-order valence-electron chi connectivity index (χ0n) is 11.4. The first-order chi connectivity index (χ1) is 9.13. The molecule has 1 unspecified atom stereocenters. The van der Waals surface area contributed by atoms with E-state index in [0.29, 0.717) is 6.42 Å². The van der Waals surface area contributed by atoms with Crippen LogP contribution in [0.15, 0.2) is 30.3 Å². The minimum Gasteiger partial charge on any atom is -0.481 e. The second-order valence-corrected chi connectivity index (χ2v) is 4.89. The Bertz CT molecular complexity index is 592. The lowest BCUT2D eigenvalue weighted by Gasteiger charge is -2.15. The number of carbonyl (C=O) groups is 1. The molecule has 0 saturated carbocycles. The molecule has 0 aliphatic rings. The summed E-state index contributed by atoms with van der Waals surface area (Å²) >= 11 is 0. The van der Waals surface area contributed by atoms with Gasteiger partial charge in [0.15, 0.2) is 0 Å². The Hall–Kier alpha value is -1.90. The topological polar surface area (TPSA) is 50.2 Å². The van der Waals surface area contributed by atoms with Crippen molar-refractivity contribution in [3.8, 4) is 0 Å². The van der Waals surface area contributed by atoms with Gasteiger partial charge in [-0.05, 0) is 31.0 Å². The first-order valence-electron chi connectivity index (χ1n) is 6.72. The lowest BCUT2D eigenvalue weighted by Crippen LogP contribution is -2.13. The van der Waals surface area contributed by atoms with Crippen LogP contribution in [0.4, 0.5) is 0 Å². The van der Waals surface area contributed by atoms with E-state index in [4.69, 9.17) is 0 Å². The van der Waals surface area contributed by atoms with Gasteiger partial charge in [0.05, 0.1) is 11.4 Å². The summed E-state index contributed by atoms with van der Waals surface area (Å²) < 4.78 is 0. The number of aromatic nitrogens is 1. The number of aliphatic carboxylic acids is 1. The minimum atomic E-state index is -0.756. The summed E-state index contributed by atoms with van der Waals surface area (Å²) in [6.45, 7) is 3.97. The highest BCUT2D eigenvalue weighted by Gasteiger charge is 2.22. The van der Waals surface area contributed by atoms with Gasteiger partial charge in [-0.3, -0.25) is 9.78 Å². The molecule has 0 aliphatic carbocycles. The van der Waals surface area contributed by atoms with E-state index in [1.165, 1.54) is 0 Å². The summed E-state index contributed by atoms with van der Waals surface area (Å²) in [6, 6.07) is 9.80. The van der Waals surface area contributed by atoms with Crippen LogP contribution < -0.4 is 0 Å². The number of pyridine rings is 1. The van der Waals surface area contributed by atoms with Crippen molar-refractivity contribution in [3.05, 3.63) is 41.6 Å². The molecule has 0 aliphatic heterocycles. The van der Waals surface area contributed by atoms with Crippen molar-refractivity contribution in [3.63, 3.8) is 0 Å². The van der Waals surface area contributed by atoms with Gasteiger partial charge in [0.1, 0.15) is 0 Å². The number of benzene rings is 1. The number of carboxylic acid groups (broad SMARTS) is 1. The number of hydrogen-bond acceptors (Lipinski definition) is 2. The van der Waals surface area contributed by atoms with E-state index in [0.717, 1.165) is 35.0 Å². The smallest absolute Gasteiger partial charge is 0.311 e. The maximum atomic E-state index is 11.5. The van der Waals surface area contributed by atoms with E-state index in [9.17, 15) is 9.90 Å². The molecule has 3 heteroatoms. The summed E-state index contributed by atoms with van der Waals surface area (Å²) in [6.07, 6.45) is 2.60. The SMILES string of the molecule is CCCCC(C(=O)O)c1cc2ccccc2nc1C. The van der Waals surface area contributed by atoms with Gasteiger partial charge in [-0.15, -0.1) is 0 Å². The molecule has 1 N–H and O–H groups in total. The van der Waals surface area contributed by atoms with Crippen LogP contribution in [0.3, 0.4) is 0 Å². The largest absolute Gasteiger partial charge is 0.481 e. The molecular weight excluding hydrogens is 238 g/mol. The molecule has 1 aromatic carbocycles. The quantitative estimate of drug-likeness (QED) is 0.883. The molecule has 0 radical (unpaired) electrons. The van der Waals surface area contributed by atoms with Gasteiger partial charge in [0, 0.05) is 11.1 Å². The van der Waals surface area contributed by atoms with Crippen LogP contribution in [0.2, 0.25) is 0 Å². The van der Waals surface area contributed by atoms with Crippen molar-refractivity contribution in [2.75, 3.05) is 0 Å². The normalized spacial score (nSPS) is 12.5. The highest BCUT2D eigenvalue weighted by molar-refractivity contribution is 5.83. The third-order valence-electron chi connectivity index (χ3n) is 3.47. The Labute approximate surface area is 113 Å². The van der Waals surface area contributed by atoms with Gasteiger partial charge in [0.25, 0.3) is 0 Å². The third-order valence-corrected chi connectivity index (χ3v) is 3.47. The number of carboxylic acids is 1. The minimum absolute atomic E-state index is 0.447. The first kappa shape index (κ1) is 13.5. The Balaban J connectivity index is 2.46. The predicted molar refractivity (Wildman–Crippen MR) is 76.4 cm³/mol. The Kier molecular flexibility index (Phi) is 4.15. The lowest BCUT2D eigenvalue weighted by atomic mass is 9.91. The molecule has 1 aromatic heterocycles. The Morgan fingerprint density at radius 3 is 2.79 bits per heavy atom. The fourth-order valence-corrected chi connectivity index (χ4v) is 2.40. The lowest BCUT2D eigenvalue weighted by molar-refractivity contribution is -0.139. The van der Waals surface area contributed by atoms with Crippen molar-refractivity contribution < 1.29 is 9.90 Å². The van der Waals surface area contributed by atoms with Gasteiger partial charge in [-0.25, -0.2) is 0 Å². The first-order valence-corrected chi connectivity index (χ1v) is 6.72. The molecule has 3 nitrogen and oxygen atoms in total. The van der Waals surface area contributed by atoms with Gasteiger partial charge >= 0.3 is 5.97 Å². The number of unbranched alkanes of at least 4 members (excludes halogenated alkanes) is 1. The summed E-state index contributed by atoms with van der Waals surface area (Å²) in [5, 5.41) is 10.4. The summed E-state index contributed by atoms with van der Waals surface area (Å²) in [4.78, 5) is 16.0. The molecule has 0 spiro atoms. The van der Waals surface area contributed by atoms with Crippen LogP contribution in [0.25, 0.3) is 10.9 Å². The van der Waals surface area contributed by atoms with E-state index in [2.05, 4.69) is 11.9 Å². The monoisotopic (exact) mass is 257 g/mol. The molecule has 2 aromatic rings. The van der Waals surface area contributed by atoms with Crippen LogP contribution in [-0.4, -0.2) is 16.1 Å². The molecule has 0 fully saturated rings. The van der Waals surface area contributed by atoms with Crippen molar-refractivity contribution >= 4 is 16.9 Å². The Morgan fingerprint density at radius 1 is 1.37 bits per heavy atom. The van der Waals surface area contributed by atoms with Gasteiger partial charge < -0.3 is 5.11 Å². The van der Waals surface area contributed by atoms with Crippen LogP contribution in [0, 0.1) is 6.92 Å². The third kappa shape index (κ3) is 2.92. The molecule has 2 rings (SSSR count). The molecule has 1 heterocycles. The highest BCUT2D eigenvalue weighted by atomic mass is 16.4. The van der Waals surface area contributed by atoms with Crippen molar-refractivity contribution in [2.45, 2.75) is 39.0 Å². The zero-order chi connectivity index (χ0) is 13.8. The maximum absolute atomic E-state index is 11.5. The van der Waals surface area contributed by atoms with Crippen molar-refractivity contribution in [1.82, 2.24) is 4.98 Å². The standard InChI is InChI=1S/C16H19NO2/c1-3-4-8-13(16(18)19)14-10-12-7-5-6-9-15(12)17-11(14)2/h5-7,9-10,13H,3-4,8H2,1-2H3,(H,18,19). The maximum Gasteiger partial charge on any atom is 0.311 e. The van der Waals surface area contributed by atoms with Gasteiger partial charge in [0.2, 0.25) is 0 Å². The van der Waals surface area contributed by atoms with Gasteiger partial charge in [-0.2, -0.15) is 0 Å². The van der Waals surface area contributed by atoms with E-state index < -0.39 is 11.9 Å². The van der Waals surface area contributed by atoms with Crippen LogP contribution in [-0.2, 0) is 4.79 Å². The van der Waals surface area contributed by atoms with E-state index in [-0.39, 0.29) is 0 Å². The predicted octanol–water partition coefficient (Wildman–Crippen LogP) is 3.90. The molecule has 0 amide bonds. The van der Waals surface area contributed by atoms with E-state index in [1.807, 2.05) is 37.3 Å².